The molecule has 84 valence electrons. The van der Waals surface area contributed by atoms with E-state index in [4.69, 9.17) is 0 Å². The largest absolute Gasteiger partial charge is 0.353 e. The minimum Gasteiger partial charge on any atom is -0.353 e. The SMILES string of the molecule is Cc1cccc(CNCc2cccn2C)c1. The zero-order chi connectivity index (χ0) is 11.4. The van der Waals surface area contributed by atoms with Gasteiger partial charge >= 0.3 is 0 Å². The van der Waals surface area contributed by atoms with Crippen molar-refractivity contribution in [2.75, 3.05) is 0 Å². The lowest BCUT2D eigenvalue weighted by atomic mass is 10.1. The molecule has 0 aliphatic rings. The molecule has 0 radical (unpaired) electrons. The molecule has 2 heteroatoms. The summed E-state index contributed by atoms with van der Waals surface area (Å²) < 4.78 is 2.14. The van der Waals surface area contributed by atoms with Crippen LogP contribution in [0, 0.1) is 6.92 Å². The topological polar surface area (TPSA) is 17.0 Å². The second-order valence-corrected chi connectivity index (χ2v) is 4.20. The fourth-order valence-electron chi connectivity index (χ4n) is 1.84. The highest BCUT2D eigenvalue weighted by molar-refractivity contribution is 5.22. The van der Waals surface area contributed by atoms with Crippen molar-refractivity contribution in [3.05, 3.63) is 59.4 Å². The van der Waals surface area contributed by atoms with Crippen LogP contribution in [0.1, 0.15) is 16.8 Å². The molecular formula is C14H18N2. The summed E-state index contributed by atoms with van der Waals surface area (Å²) in [5.41, 5.74) is 3.97. The molecule has 0 atom stereocenters. The standard InChI is InChI=1S/C14H18N2/c1-12-5-3-6-13(9-12)10-15-11-14-7-4-8-16(14)2/h3-9,15H,10-11H2,1-2H3. The highest BCUT2D eigenvalue weighted by Crippen LogP contribution is 2.04. The Labute approximate surface area is 96.9 Å². The molecule has 0 aliphatic heterocycles. The van der Waals surface area contributed by atoms with Crippen molar-refractivity contribution < 1.29 is 0 Å². The van der Waals surface area contributed by atoms with Crippen molar-refractivity contribution in [3.63, 3.8) is 0 Å². The maximum Gasteiger partial charge on any atom is 0.0362 e. The van der Waals surface area contributed by atoms with Gasteiger partial charge in [0.25, 0.3) is 0 Å². The first-order valence-electron chi connectivity index (χ1n) is 5.62. The molecule has 2 aromatic rings. The highest BCUT2D eigenvalue weighted by Gasteiger charge is 1.97. The molecule has 0 saturated carbocycles. The van der Waals surface area contributed by atoms with Gasteiger partial charge in [-0.05, 0) is 24.6 Å². The molecule has 0 fully saturated rings. The van der Waals surface area contributed by atoms with E-state index in [9.17, 15) is 0 Å². The van der Waals surface area contributed by atoms with Crippen LogP contribution in [0.15, 0.2) is 42.6 Å². The molecule has 0 saturated heterocycles. The monoisotopic (exact) mass is 214 g/mol. The van der Waals surface area contributed by atoms with E-state index in [1.807, 2.05) is 0 Å². The summed E-state index contributed by atoms with van der Waals surface area (Å²) in [6.07, 6.45) is 2.07. The third kappa shape index (κ3) is 2.74. The number of aromatic nitrogens is 1. The second-order valence-electron chi connectivity index (χ2n) is 4.20. The Bertz CT molecular complexity index is 457. The molecule has 1 heterocycles. The minimum absolute atomic E-state index is 0.914. The molecule has 0 aliphatic carbocycles. The maximum atomic E-state index is 3.45. The lowest BCUT2D eigenvalue weighted by molar-refractivity contribution is 0.655. The van der Waals surface area contributed by atoms with Crippen LogP contribution < -0.4 is 5.32 Å². The van der Waals surface area contributed by atoms with Gasteiger partial charge in [-0.2, -0.15) is 0 Å². The van der Waals surface area contributed by atoms with E-state index in [0.29, 0.717) is 0 Å². The van der Waals surface area contributed by atoms with E-state index in [0.717, 1.165) is 13.1 Å². The lowest BCUT2D eigenvalue weighted by Crippen LogP contribution is -2.14. The van der Waals surface area contributed by atoms with E-state index >= 15 is 0 Å². The number of aryl methyl sites for hydroxylation is 2. The van der Waals surface area contributed by atoms with Gasteiger partial charge in [0.2, 0.25) is 0 Å². The Morgan fingerprint density at radius 1 is 1.12 bits per heavy atom. The van der Waals surface area contributed by atoms with E-state index in [-0.39, 0.29) is 0 Å². The molecule has 1 N–H and O–H groups in total. The number of nitrogens with zero attached hydrogens (tertiary/aromatic N) is 1. The summed E-state index contributed by atoms with van der Waals surface area (Å²) in [5, 5.41) is 3.45. The van der Waals surface area contributed by atoms with Crippen LogP contribution in [-0.4, -0.2) is 4.57 Å². The zero-order valence-corrected chi connectivity index (χ0v) is 9.90. The first-order chi connectivity index (χ1) is 7.75. The maximum absolute atomic E-state index is 3.45. The fraction of sp³-hybridized carbons (Fsp3) is 0.286. The van der Waals surface area contributed by atoms with Crippen molar-refractivity contribution in [2.24, 2.45) is 7.05 Å². The van der Waals surface area contributed by atoms with Gasteiger partial charge in [0, 0.05) is 32.0 Å². The molecule has 2 rings (SSSR count). The average molecular weight is 214 g/mol. The summed E-state index contributed by atoms with van der Waals surface area (Å²) in [4.78, 5) is 0. The zero-order valence-electron chi connectivity index (χ0n) is 9.90. The van der Waals surface area contributed by atoms with E-state index in [1.54, 1.807) is 0 Å². The van der Waals surface area contributed by atoms with E-state index in [2.05, 4.69) is 66.5 Å². The Morgan fingerprint density at radius 3 is 2.69 bits per heavy atom. The summed E-state index contributed by atoms with van der Waals surface area (Å²) in [7, 11) is 2.07. The fourth-order valence-corrected chi connectivity index (χ4v) is 1.84. The van der Waals surface area contributed by atoms with Gasteiger partial charge < -0.3 is 9.88 Å². The lowest BCUT2D eigenvalue weighted by Gasteiger charge is -2.06. The van der Waals surface area contributed by atoms with Gasteiger partial charge in [0.1, 0.15) is 0 Å². The quantitative estimate of drug-likeness (QED) is 0.828. The van der Waals surface area contributed by atoms with Crippen molar-refractivity contribution in [3.8, 4) is 0 Å². The third-order valence-corrected chi connectivity index (χ3v) is 2.77. The molecule has 1 aromatic carbocycles. The first-order valence-corrected chi connectivity index (χ1v) is 5.62. The summed E-state index contributed by atoms with van der Waals surface area (Å²) >= 11 is 0. The molecule has 1 aromatic heterocycles. The predicted molar refractivity (Wildman–Crippen MR) is 67.1 cm³/mol. The second kappa shape index (κ2) is 4.99. The normalized spacial score (nSPS) is 10.6. The van der Waals surface area contributed by atoms with Crippen LogP contribution >= 0.6 is 0 Å². The summed E-state index contributed by atoms with van der Waals surface area (Å²) in [6, 6.07) is 12.8. The first kappa shape index (κ1) is 11.0. The average Bonchev–Trinajstić information content (AvgIpc) is 2.65. The molecule has 0 spiro atoms. The molecule has 2 nitrogen and oxygen atoms in total. The van der Waals surface area contributed by atoms with Gasteiger partial charge in [-0.3, -0.25) is 0 Å². The highest BCUT2D eigenvalue weighted by atomic mass is 15.0. The molecule has 16 heavy (non-hydrogen) atoms. The van der Waals surface area contributed by atoms with Gasteiger partial charge in [-0.1, -0.05) is 29.8 Å². The van der Waals surface area contributed by atoms with E-state index < -0.39 is 0 Å². The van der Waals surface area contributed by atoms with Gasteiger partial charge in [-0.15, -0.1) is 0 Å². The van der Waals surface area contributed by atoms with Crippen LogP contribution in [0.25, 0.3) is 0 Å². The Hall–Kier alpha value is -1.54. The van der Waals surface area contributed by atoms with E-state index in [1.165, 1.54) is 16.8 Å². The van der Waals surface area contributed by atoms with Gasteiger partial charge in [0.05, 0.1) is 0 Å². The molecule has 0 unspecified atom stereocenters. The Morgan fingerprint density at radius 2 is 2.00 bits per heavy atom. The van der Waals surface area contributed by atoms with Crippen LogP contribution in [-0.2, 0) is 20.1 Å². The third-order valence-electron chi connectivity index (χ3n) is 2.77. The number of benzene rings is 1. The predicted octanol–water partition coefficient (Wildman–Crippen LogP) is 2.62. The van der Waals surface area contributed by atoms with Crippen molar-refractivity contribution in [2.45, 2.75) is 20.0 Å². The minimum atomic E-state index is 0.914. The van der Waals surface area contributed by atoms with Gasteiger partial charge in [0.15, 0.2) is 0 Å². The molecule has 0 bridgehead atoms. The van der Waals surface area contributed by atoms with Crippen molar-refractivity contribution in [1.82, 2.24) is 9.88 Å². The molecule has 0 amide bonds. The summed E-state index contributed by atoms with van der Waals surface area (Å²) in [6.45, 7) is 3.96. The molecular weight excluding hydrogens is 196 g/mol. The number of hydrogen-bond donors (Lipinski definition) is 1. The van der Waals surface area contributed by atoms with Crippen LogP contribution in [0.5, 0.6) is 0 Å². The van der Waals surface area contributed by atoms with Crippen molar-refractivity contribution >= 4 is 0 Å². The summed E-state index contributed by atoms with van der Waals surface area (Å²) in [5.74, 6) is 0. The Balaban J connectivity index is 1.87. The van der Waals surface area contributed by atoms with Crippen LogP contribution in [0.3, 0.4) is 0 Å². The van der Waals surface area contributed by atoms with Crippen LogP contribution in [0.4, 0.5) is 0 Å². The Kier molecular flexibility index (Phi) is 3.42. The smallest absolute Gasteiger partial charge is 0.0362 e. The van der Waals surface area contributed by atoms with Crippen LogP contribution in [0.2, 0.25) is 0 Å². The number of hydrogen-bond acceptors (Lipinski definition) is 1. The van der Waals surface area contributed by atoms with Crippen molar-refractivity contribution in [1.29, 1.82) is 0 Å². The van der Waals surface area contributed by atoms with Gasteiger partial charge in [-0.25, -0.2) is 0 Å². The number of rotatable bonds is 4. The number of nitrogens with one attached hydrogen (secondary N) is 1.